The van der Waals surface area contributed by atoms with Gasteiger partial charge in [-0.1, -0.05) is 63.2 Å². The first kappa shape index (κ1) is 18.2. The van der Waals surface area contributed by atoms with E-state index in [2.05, 4.69) is 26.1 Å². The number of hydrogen-bond acceptors (Lipinski definition) is 3. The second kappa shape index (κ2) is 6.94. The highest BCUT2D eigenvalue weighted by molar-refractivity contribution is 5.94. The third-order valence-electron chi connectivity index (χ3n) is 4.84. The molecule has 0 saturated heterocycles. The standard InChI is InChI=1S/C22H25NO3/c1-21(2,3)16-9-11-18(12-10-16)23-19(24)15-26-20(25)22(13-14-22)17-7-5-4-6-8-17/h4-12H,13-15H2,1-3H3,(H,23,24). The average Bonchev–Trinajstić information content (AvgIpc) is 3.42. The Kier molecular flexibility index (Phi) is 4.86. The lowest BCUT2D eigenvalue weighted by molar-refractivity contribution is -0.150. The van der Waals surface area contributed by atoms with Crippen LogP contribution < -0.4 is 5.32 Å². The van der Waals surface area contributed by atoms with Crippen LogP contribution in [0, 0.1) is 0 Å². The molecule has 0 heterocycles. The molecule has 2 aromatic carbocycles. The first-order valence-corrected chi connectivity index (χ1v) is 8.94. The topological polar surface area (TPSA) is 55.4 Å². The van der Waals surface area contributed by atoms with Crippen molar-refractivity contribution in [3.63, 3.8) is 0 Å². The van der Waals surface area contributed by atoms with E-state index < -0.39 is 5.41 Å². The summed E-state index contributed by atoms with van der Waals surface area (Å²) in [4.78, 5) is 24.5. The molecule has 3 rings (SSSR count). The molecule has 1 amide bonds. The van der Waals surface area contributed by atoms with E-state index in [4.69, 9.17) is 4.74 Å². The molecule has 0 unspecified atom stereocenters. The number of hydrogen-bond donors (Lipinski definition) is 1. The highest BCUT2D eigenvalue weighted by atomic mass is 16.5. The van der Waals surface area contributed by atoms with Crippen LogP contribution in [0.3, 0.4) is 0 Å². The van der Waals surface area contributed by atoms with E-state index in [0.717, 1.165) is 18.4 Å². The Labute approximate surface area is 154 Å². The van der Waals surface area contributed by atoms with Gasteiger partial charge in [-0.25, -0.2) is 0 Å². The molecule has 0 atom stereocenters. The molecule has 1 aliphatic carbocycles. The van der Waals surface area contributed by atoms with Crippen molar-refractivity contribution in [1.82, 2.24) is 0 Å². The van der Waals surface area contributed by atoms with Crippen LogP contribution in [0.4, 0.5) is 5.69 Å². The lowest BCUT2D eigenvalue weighted by Crippen LogP contribution is -2.28. The lowest BCUT2D eigenvalue weighted by Gasteiger charge is -2.19. The van der Waals surface area contributed by atoms with Crippen molar-refractivity contribution >= 4 is 17.6 Å². The van der Waals surface area contributed by atoms with Crippen molar-refractivity contribution in [2.45, 2.75) is 44.4 Å². The molecule has 2 aromatic rings. The molecule has 1 aliphatic rings. The minimum absolute atomic E-state index is 0.0636. The van der Waals surface area contributed by atoms with Gasteiger partial charge in [0.1, 0.15) is 0 Å². The van der Waals surface area contributed by atoms with Crippen molar-refractivity contribution in [3.05, 3.63) is 65.7 Å². The summed E-state index contributed by atoms with van der Waals surface area (Å²) in [5.41, 5.74) is 2.36. The fourth-order valence-electron chi connectivity index (χ4n) is 3.01. The number of nitrogens with one attached hydrogen (secondary N) is 1. The van der Waals surface area contributed by atoms with Gasteiger partial charge in [0.15, 0.2) is 6.61 Å². The van der Waals surface area contributed by atoms with Crippen molar-refractivity contribution in [2.24, 2.45) is 0 Å². The Balaban J connectivity index is 1.54. The van der Waals surface area contributed by atoms with Crippen LogP contribution in [-0.4, -0.2) is 18.5 Å². The number of carbonyl (C=O) groups is 2. The lowest BCUT2D eigenvalue weighted by atomic mass is 9.87. The summed E-state index contributed by atoms with van der Waals surface area (Å²) in [5.74, 6) is -0.646. The Morgan fingerprint density at radius 2 is 1.62 bits per heavy atom. The van der Waals surface area contributed by atoms with E-state index in [1.807, 2.05) is 54.6 Å². The number of rotatable bonds is 5. The first-order valence-electron chi connectivity index (χ1n) is 8.94. The predicted molar refractivity (Wildman–Crippen MR) is 102 cm³/mol. The van der Waals surface area contributed by atoms with Crippen LogP contribution in [0.15, 0.2) is 54.6 Å². The molecule has 0 radical (unpaired) electrons. The zero-order valence-electron chi connectivity index (χ0n) is 15.5. The number of ether oxygens (including phenoxy) is 1. The predicted octanol–water partition coefficient (Wildman–Crippen LogP) is 4.20. The molecule has 0 bridgehead atoms. The Morgan fingerprint density at radius 3 is 2.15 bits per heavy atom. The number of benzene rings is 2. The summed E-state index contributed by atoms with van der Waals surface area (Å²) in [6.07, 6.45) is 1.54. The van der Waals surface area contributed by atoms with Crippen LogP contribution in [0.2, 0.25) is 0 Å². The molecule has 0 aromatic heterocycles. The Hall–Kier alpha value is -2.62. The summed E-state index contributed by atoms with van der Waals surface area (Å²) < 4.78 is 5.28. The SMILES string of the molecule is CC(C)(C)c1ccc(NC(=O)COC(=O)C2(c3ccccc3)CC2)cc1. The monoisotopic (exact) mass is 351 g/mol. The second-order valence-corrected chi connectivity index (χ2v) is 7.90. The molecule has 1 saturated carbocycles. The van der Waals surface area contributed by atoms with Gasteiger partial charge >= 0.3 is 5.97 Å². The van der Waals surface area contributed by atoms with Gasteiger partial charge in [0, 0.05) is 5.69 Å². The summed E-state index contributed by atoms with van der Waals surface area (Å²) in [7, 11) is 0. The van der Waals surface area contributed by atoms with Gasteiger partial charge in [-0.2, -0.15) is 0 Å². The van der Waals surface area contributed by atoms with Crippen LogP contribution in [0.1, 0.15) is 44.7 Å². The van der Waals surface area contributed by atoms with E-state index >= 15 is 0 Å². The minimum Gasteiger partial charge on any atom is -0.455 e. The van der Waals surface area contributed by atoms with E-state index in [9.17, 15) is 9.59 Å². The first-order chi connectivity index (χ1) is 12.3. The Bertz CT molecular complexity index is 784. The van der Waals surface area contributed by atoms with Gasteiger partial charge in [0.2, 0.25) is 0 Å². The van der Waals surface area contributed by atoms with E-state index in [1.165, 1.54) is 5.56 Å². The maximum absolute atomic E-state index is 12.4. The van der Waals surface area contributed by atoms with Crippen molar-refractivity contribution < 1.29 is 14.3 Å². The number of amides is 1. The van der Waals surface area contributed by atoms with Crippen LogP contribution in [0.5, 0.6) is 0 Å². The average molecular weight is 351 g/mol. The normalized spacial score (nSPS) is 15.2. The van der Waals surface area contributed by atoms with Gasteiger partial charge in [0.05, 0.1) is 5.41 Å². The molecule has 4 heteroatoms. The largest absolute Gasteiger partial charge is 0.455 e. The minimum atomic E-state index is -0.560. The van der Waals surface area contributed by atoms with Gasteiger partial charge in [-0.3, -0.25) is 9.59 Å². The zero-order valence-corrected chi connectivity index (χ0v) is 15.5. The van der Waals surface area contributed by atoms with E-state index in [-0.39, 0.29) is 23.9 Å². The molecular formula is C22H25NO3. The smallest absolute Gasteiger partial charge is 0.317 e. The van der Waals surface area contributed by atoms with Gasteiger partial charge < -0.3 is 10.1 Å². The van der Waals surface area contributed by atoms with E-state index in [0.29, 0.717) is 5.69 Å². The molecule has 0 aliphatic heterocycles. The molecular weight excluding hydrogens is 326 g/mol. The molecule has 26 heavy (non-hydrogen) atoms. The number of carbonyl (C=O) groups excluding carboxylic acids is 2. The third-order valence-corrected chi connectivity index (χ3v) is 4.84. The summed E-state index contributed by atoms with van der Waals surface area (Å²) in [6.45, 7) is 6.15. The molecule has 1 fully saturated rings. The number of esters is 1. The highest BCUT2D eigenvalue weighted by Gasteiger charge is 2.52. The van der Waals surface area contributed by atoms with E-state index in [1.54, 1.807) is 0 Å². The molecule has 1 N–H and O–H groups in total. The molecule has 136 valence electrons. The fraction of sp³-hybridized carbons (Fsp3) is 0.364. The maximum atomic E-state index is 12.4. The fourth-order valence-corrected chi connectivity index (χ4v) is 3.01. The van der Waals surface area contributed by atoms with Crippen molar-refractivity contribution in [3.8, 4) is 0 Å². The second-order valence-electron chi connectivity index (χ2n) is 7.90. The van der Waals surface area contributed by atoms with Crippen molar-refractivity contribution in [1.29, 1.82) is 0 Å². The third kappa shape index (κ3) is 3.96. The number of anilines is 1. The van der Waals surface area contributed by atoms with Gasteiger partial charge in [-0.05, 0) is 41.5 Å². The molecule has 4 nitrogen and oxygen atoms in total. The van der Waals surface area contributed by atoms with Crippen LogP contribution >= 0.6 is 0 Å². The molecule has 0 spiro atoms. The Morgan fingerprint density at radius 1 is 1.00 bits per heavy atom. The summed E-state index contributed by atoms with van der Waals surface area (Å²) in [6, 6.07) is 17.3. The highest BCUT2D eigenvalue weighted by Crippen LogP contribution is 2.49. The van der Waals surface area contributed by atoms with Crippen LogP contribution in [0.25, 0.3) is 0 Å². The summed E-state index contributed by atoms with van der Waals surface area (Å²) in [5, 5.41) is 2.77. The zero-order chi connectivity index (χ0) is 18.8. The quantitative estimate of drug-likeness (QED) is 0.822. The van der Waals surface area contributed by atoms with Gasteiger partial charge in [0.25, 0.3) is 5.91 Å². The van der Waals surface area contributed by atoms with Crippen LogP contribution in [-0.2, 0) is 25.2 Å². The summed E-state index contributed by atoms with van der Waals surface area (Å²) >= 11 is 0. The van der Waals surface area contributed by atoms with Crippen molar-refractivity contribution in [2.75, 3.05) is 11.9 Å². The van der Waals surface area contributed by atoms with Gasteiger partial charge in [-0.15, -0.1) is 0 Å². The maximum Gasteiger partial charge on any atom is 0.317 e.